The Morgan fingerprint density at radius 1 is 1.19 bits per heavy atom. The van der Waals surface area contributed by atoms with Gasteiger partial charge in [-0.05, 0) is 43.8 Å². The zero-order chi connectivity index (χ0) is 11.2. The lowest BCUT2D eigenvalue weighted by Gasteiger charge is -2.23. The van der Waals surface area contributed by atoms with E-state index in [1.165, 1.54) is 0 Å². The second-order valence-corrected chi connectivity index (χ2v) is 4.72. The lowest BCUT2D eigenvalue weighted by molar-refractivity contribution is 0.236. The highest BCUT2D eigenvalue weighted by atomic mass is 19.1. The normalized spacial score (nSPS) is 19.6. The van der Waals surface area contributed by atoms with Crippen molar-refractivity contribution in [1.29, 1.82) is 0 Å². The van der Waals surface area contributed by atoms with Crippen LogP contribution in [0.1, 0.15) is 24.8 Å². The van der Waals surface area contributed by atoms with Gasteiger partial charge in [0, 0.05) is 6.42 Å². The Morgan fingerprint density at radius 3 is 2.56 bits per heavy atom. The molecule has 1 aliphatic rings. The number of piperidine rings is 1. The molecule has 1 fully saturated rings. The Hall–Kier alpha value is -0.890. The van der Waals surface area contributed by atoms with Gasteiger partial charge in [0.1, 0.15) is 6.17 Å². The summed E-state index contributed by atoms with van der Waals surface area (Å²) >= 11 is 0. The molecule has 0 saturated carbocycles. The molecule has 1 nitrogen and oxygen atoms in total. The molecule has 1 saturated heterocycles. The predicted octanol–water partition coefficient (Wildman–Crippen LogP) is 2.96. The summed E-state index contributed by atoms with van der Waals surface area (Å²) in [7, 11) is 0. The third-order valence-electron chi connectivity index (χ3n) is 3.35. The first-order valence-corrected chi connectivity index (χ1v) is 6.23. The van der Waals surface area contributed by atoms with Crippen LogP contribution in [-0.2, 0) is 6.42 Å². The molecule has 2 rings (SSSR count). The first kappa shape index (κ1) is 11.6. The van der Waals surface area contributed by atoms with E-state index in [4.69, 9.17) is 0 Å². The maximum absolute atomic E-state index is 13.9. The van der Waals surface area contributed by atoms with Crippen molar-refractivity contribution in [2.45, 2.75) is 31.9 Å². The van der Waals surface area contributed by atoms with E-state index in [1.807, 2.05) is 30.3 Å². The van der Waals surface area contributed by atoms with Gasteiger partial charge in [-0.25, -0.2) is 4.39 Å². The van der Waals surface area contributed by atoms with Crippen LogP contribution in [0.5, 0.6) is 0 Å². The van der Waals surface area contributed by atoms with Crippen molar-refractivity contribution in [3.63, 3.8) is 0 Å². The van der Waals surface area contributed by atoms with Crippen LogP contribution in [-0.4, -0.2) is 19.3 Å². The van der Waals surface area contributed by atoms with Crippen molar-refractivity contribution in [2.24, 2.45) is 5.92 Å². The molecule has 0 spiro atoms. The summed E-state index contributed by atoms with van der Waals surface area (Å²) in [6.07, 6.45) is 2.90. The second-order valence-electron chi connectivity index (χ2n) is 4.72. The fourth-order valence-electron chi connectivity index (χ4n) is 2.43. The lowest BCUT2D eigenvalue weighted by atomic mass is 9.90. The smallest absolute Gasteiger partial charge is 0.104 e. The molecule has 0 bridgehead atoms. The van der Waals surface area contributed by atoms with E-state index in [0.717, 1.165) is 37.9 Å². The average Bonchev–Trinajstić information content (AvgIpc) is 2.31. The first-order valence-electron chi connectivity index (χ1n) is 6.23. The van der Waals surface area contributed by atoms with Gasteiger partial charge in [0.25, 0.3) is 0 Å². The summed E-state index contributed by atoms with van der Waals surface area (Å²) in [5.41, 5.74) is 1.11. The van der Waals surface area contributed by atoms with Crippen LogP contribution in [0.25, 0.3) is 0 Å². The van der Waals surface area contributed by atoms with Gasteiger partial charge >= 0.3 is 0 Å². The molecule has 88 valence electrons. The Kier molecular flexibility index (Phi) is 4.34. The van der Waals surface area contributed by atoms with E-state index in [0.29, 0.717) is 12.3 Å². The Balaban J connectivity index is 1.77. The molecule has 0 aromatic heterocycles. The van der Waals surface area contributed by atoms with Gasteiger partial charge in [-0.1, -0.05) is 30.3 Å². The summed E-state index contributed by atoms with van der Waals surface area (Å²) in [5.74, 6) is 0.583. The molecule has 1 atom stereocenters. The minimum atomic E-state index is -0.675. The highest BCUT2D eigenvalue weighted by Crippen LogP contribution is 2.21. The molecule has 0 amide bonds. The van der Waals surface area contributed by atoms with Gasteiger partial charge < -0.3 is 5.32 Å². The molecule has 2 heteroatoms. The quantitative estimate of drug-likeness (QED) is 0.824. The zero-order valence-electron chi connectivity index (χ0n) is 9.66. The summed E-state index contributed by atoms with van der Waals surface area (Å²) in [4.78, 5) is 0. The maximum atomic E-state index is 13.9. The number of nitrogens with one attached hydrogen (secondary N) is 1. The molecule has 16 heavy (non-hydrogen) atoms. The van der Waals surface area contributed by atoms with Crippen molar-refractivity contribution in [3.8, 4) is 0 Å². The van der Waals surface area contributed by atoms with Crippen LogP contribution in [0.2, 0.25) is 0 Å². The van der Waals surface area contributed by atoms with Crippen molar-refractivity contribution in [2.75, 3.05) is 13.1 Å². The van der Waals surface area contributed by atoms with Crippen molar-refractivity contribution < 1.29 is 4.39 Å². The molecule has 0 aliphatic carbocycles. The molecule has 1 heterocycles. The Morgan fingerprint density at radius 2 is 1.88 bits per heavy atom. The molecule has 1 aliphatic heterocycles. The van der Waals surface area contributed by atoms with Crippen LogP contribution < -0.4 is 5.32 Å². The third-order valence-corrected chi connectivity index (χ3v) is 3.35. The molecule has 1 aromatic rings. The summed E-state index contributed by atoms with van der Waals surface area (Å²) in [6.45, 7) is 2.12. The molecular weight excluding hydrogens is 201 g/mol. The number of halogens is 1. The van der Waals surface area contributed by atoms with Gasteiger partial charge in [-0.15, -0.1) is 0 Å². The van der Waals surface area contributed by atoms with Gasteiger partial charge in [-0.2, -0.15) is 0 Å². The maximum Gasteiger partial charge on any atom is 0.104 e. The van der Waals surface area contributed by atoms with E-state index in [2.05, 4.69) is 5.32 Å². The van der Waals surface area contributed by atoms with Crippen LogP contribution in [0.4, 0.5) is 4.39 Å². The fourth-order valence-corrected chi connectivity index (χ4v) is 2.43. The SMILES string of the molecule is FC(Cc1ccccc1)CC1CCNCC1. The molecule has 1 N–H and O–H groups in total. The third kappa shape index (κ3) is 3.60. The highest BCUT2D eigenvalue weighted by Gasteiger charge is 2.18. The topological polar surface area (TPSA) is 12.0 Å². The molecular formula is C14H20FN. The standard InChI is InChI=1S/C14H20FN/c15-14(10-12-4-2-1-3-5-12)11-13-6-8-16-9-7-13/h1-5,13-14,16H,6-11H2. The number of rotatable bonds is 4. The fraction of sp³-hybridized carbons (Fsp3) is 0.571. The molecule has 1 unspecified atom stereocenters. The van der Waals surface area contributed by atoms with Gasteiger partial charge in [0.15, 0.2) is 0 Å². The molecule has 1 aromatic carbocycles. The number of benzene rings is 1. The van der Waals surface area contributed by atoms with E-state index >= 15 is 0 Å². The van der Waals surface area contributed by atoms with Crippen LogP contribution in [0.15, 0.2) is 30.3 Å². The summed E-state index contributed by atoms with van der Waals surface area (Å²) < 4.78 is 13.9. The summed E-state index contributed by atoms with van der Waals surface area (Å²) in [6, 6.07) is 9.95. The number of hydrogen-bond donors (Lipinski definition) is 1. The monoisotopic (exact) mass is 221 g/mol. The average molecular weight is 221 g/mol. The van der Waals surface area contributed by atoms with Crippen LogP contribution in [0, 0.1) is 5.92 Å². The first-order chi connectivity index (χ1) is 7.84. The van der Waals surface area contributed by atoms with E-state index in [-0.39, 0.29) is 0 Å². The van der Waals surface area contributed by atoms with Crippen molar-refractivity contribution >= 4 is 0 Å². The van der Waals surface area contributed by atoms with Gasteiger partial charge in [-0.3, -0.25) is 0 Å². The van der Waals surface area contributed by atoms with Gasteiger partial charge in [0.05, 0.1) is 0 Å². The van der Waals surface area contributed by atoms with E-state index < -0.39 is 6.17 Å². The number of alkyl halides is 1. The Bertz CT molecular complexity index is 293. The van der Waals surface area contributed by atoms with Crippen LogP contribution in [0.3, 0.4) is 0 Å². The van der Waals surface area contributed by atoms with Crippen molar-refractivity contribution in [1.82, 2.24) is 5.32 Å². The summed E-state index contributed by atoms with van der Waals surface area (Å²) in [5, 5.41) is 3.32. The minimum absolute atomic E-state index is 0.574. The predicted molar refractivity (Wildman–Crippen MR) is 65.3 cm³/mol. The highest BCUT2D eigenvalue weighted by molar-refractivity contribution is 5.15. The van der Waals surface area contributed by atoms with Crippen molar-refractivity contribution in [3.05, 3.63) is 35.9 Å². The van der Waals surface area contributed by atoms with Gasteiger partial charge in [0.2, 0.25) is 0 Å². The zero-order valence-corrected chi connectivity index (χ0v) is 9.66. The largest absolute Gasteiger partial charge is 0.317 e. The second kappa shape index (κ2) is 6.00. The van der Waals surface area contributed by atoms with Crippen LogP contribution >= 0.6 is 0 Å². The van der Waals surface area contributed by atoms with E-state index in [1.54, 1.807) is 0 Å². The van der Waals surface area contributed by atoms with E-state index in [9.17, 15) is 4.39 Å². The molecule has 0 radical (unpaired) electrons. The lowest BCUT2D eigenvalue weighted by Crippen LogP contribution is -2.29. The number of hydrogen-bond acceptors (Lipinski definition) is 1. The minimum Gasteiger partial charge on any atom is -0.317 e. The Labute approximate surface area is 97.1 Å².